The molecule has 0 heterocycles. The molecule has 0 aliphatic heterocycles. The summed E-state index contributed by atoms with van der Waals surface area (Å²) in [6.45, 7) is 10.1. The second-order valence-corrected chi connectivity index (χ2v) is 4.63. The first kappa shape index (κ1) is 14.4. The summed E-state index contributed by atoms with van der Waals surface area (Å²) in [6.07, 6.45) is 1.20. The predicted molar refractivity (Wildman–Crippen MR) is 63.8 cm³/mol. The van der Waals surface area contributed by atoms with Gasteiger partial charge < -0.3 is 5.11 Å². The molecule has 2 heteroatoms. The molecular formula is C13H24O2. The smallest absolute Gasteiger partial charge is 0.135 e. The molecule has 0 rings (SSSR count). The van der Waals surface area contributed by atoms with Gasteiger partial charge in [-0.1, -0.05) is 25.0 Å². The third-order valence-electron chi connectivity index (χ3n) is 2.97. The molecule has 0 amide bonds. The van der Waals surface area contributed by atoms with E-state index in [2.05, 4.69) is 20.8 Å². The van der Waals surface area contributed by atoms with Gasteiger partial charge in [-0.05, 0) is 33.1 Å². The maximum absolute atomic E-state index is 11.2. The second-order valence-electron chi connectivity index (χ2n) is 4.63. The molecule has 0 aromatic carbocycles. The lowest BCUT2D eigenvalue weighted by atomic mass is 9.91. The summed E-state index contributed by atoms with van der Waals surface area (Å²) in [5, 5.41) is 9.81. The van der Waals surface area contributed by atoms with Crippen molar-refractivity contribution in [1.29, 1.82) is 0 Å². The molecule has 1 N–H and O–H groups in total. The molecule has 0 bridgehead atoms. The molecule has 2 atom stereocenters. The average Bonchev–Trinajstić information content (AvgIpc) is 2.16. The van der Waals surface area contributed by atoms with Gasteiger partial charge >= 0.3 is 0 Å². The van der Waals surface area contributed by atoms with Crippen LogP contribution in [0.15, 0.2) is 11.1 Å². The van der Waals surface area contributed by atoms with E-state index in [1.165, 1.54) is 11.1 Å². The van der Waals surface area contributed by atoms with Crippen LogP contribution in [0, 0.1) is 5.92 Å². The van der Waals surface area contributed by atoms with Crippen LogP contribution in [0.4, 0.5) is 0 Å². The highest BCUT2D eigenvalue weighted by atomic mass is 16.3. The van der Waals surface area contributed by atoms with E-state index in [4.69, 9.17) is 0 Å². The zero-order valence-corrected chi connectivity index (χ0v) is 10.6. The van der Waals surface area contributed by atoms with Crippen LogP contribution in [0.3, 0.4) is 0 Å². The summed E-state index contributed by atoms with van der Waals surface area (Å²) in [7, 11) is 0. The largest absolute Gasteiger partial charge is 0.392 e. The topological polar surface area (TPSA) is 37.3 Å². The van der Waals surface area contributed by atoms with E-state index >= 15 is 0 Å². The number of carbonyl (C=O) groups excluding carboxylic acids is 1. The minimum atomic E-state index is -0.494. The normalized spacial score (nSPS) is 14.5. The van der Waals surface area contributed by atoms with Gasteiger partial charge in [-0.25, -0.2) is 0 Å². The summed E-state index contributed by atoms with van der Waals surface area (Å²) in [4.78, 5) is 11.2. The van der Waals surface area contributed by atoms with Crippen molar-refractivity contribution in [2.75, 3.05) is 0 Å². The van der Waals surface area contributed by atoms with Gasteiger partial charge in [0.2, 0.25) is 0 Å². The van der Waals surface area contributed by atoms with Crippen LogP contribution in [-0.4, -0.2) is 17.0 Å². The highest BCUT2D eigenvalue weighted by Gasteiger charge is 2.17. The number of aliphatic hydroxyl groups excluding tert-OH is 1. The number of hydrogen-bond acceptors (Lipinski definition) is 2. The molecule has 2 nitrogen and oxygen atoms in total. The number of hydrogen-bond donors (Lipinski definition) is 1. The van der Waals surface area contributed by atoms with E-state index in [1.54, 1.807) is 0 Å². The van der Waals surface area contributed by atoms with Crippen LogP contribution in [0.25, 0.3) is 0 Å². The summed E-state index contributed by atoms with van der Waals surface area (Å²) in [5.41, 5.74) is 2.61. The number of Topliss-reactive ketones (excluding diaryl/α,β-unsaturated/α-hetero) is 1. The molecule has 0 saturated heterocycles. The van der Waals surface area contributed by atoms with Gasteiger partial charge in [0.25, 0.3) is 0 Å². The molecule has 0 aliphatic carbocycles. The summed E-state index contributed by atoms with van der Waals surface area (Å²) < 4.78 is 0. The van der Waals surface area contributed by atoms with Gasteiger partial charge in [0.15, 0.2) is 0 Å². The Morgan fingerprint density at radius 1 is 1.20 bits per heavy atom. The molecule has 0 radical (unpaired) electrons. The first-order chi connectivity index (χ1) is 6.88. The number of ketones is 1. The van der Waals surface area contributed by atoms with E-state index in [0.29, 0.717) is 12.8 Å². The van der Waals surface area contributed by atoms with Gasteiger partial charge in [0.05, 0.1) is 6.10 Å². The fourth-order valence-corrected chi connectivity index (χ4v) is 1.40. The molecule has 0 aromatic rings. The maximum Gasteiger partial charge on any atom is 0.135 e. The number of allylic oxidation sites excluding steroid dienone is 2. The SMILES string of the molecule is CCC(=O)CC(O)C(C)CC(C)=C(C)C. The zero-order chi connectivity index (χ0) is 12.0. The zero-order valence-electron chi connectivity index (χ0n) is 10.6. The third kappa shape index (κ3) is 5.73. The number of carbonyl (C=O) groups is 1. The van der Waals surface area contributed by atoms with E-state index in [9.17, 15) is 9.90 Å². The van der Waals surface area contributed by atoms with Gasteiger partial charge in [-0.3, -0.25) is 4.79 Å². The Hall–Kier alpha value is -0.630. The van der Waals surface area contributed by atoms with E-state index in [1.807, 2.05) is 13.8 Å². The standard InChI is InChI=1S/C13H24O2/c1-6-12(14)8-13(15)11(5)7-10(4)9(2)3/h11,13,15H,6-8H2,1-5H3. The van der Waals surface area contributed by atoms with Crippen LogP contribution in [-0.2, 0) is 4.79 Å². The predicted octanol–water partition coefficient (Wildman–Crippen LogP) is 3.10. The highest BCUT2D eigenvalue weighted by Crippen LogP contribution is 2.19. The van der Waals surface area contributed by atoms with Gasteiger partial charge in [0.1, 0.15) is 5.78 Å². The fourth-order valence-electron chi connectivity index (χ4n) is 1.40. The third-order valence-corrected chi connectivity index (χ3v) is 2.97. The van der Waals surface area contributed by atoms with E-state index in [0.717, 1.165) is 6.42 Å². The van der Waals surface area contributed by atoms with Crippen molar-refractivity contribution in [2.24, 2.45) is 5.92 Å². The van der Waals surface area contributed by atoms with Crippen molar-refractivity contribution in [3.8, 4) is 0 Å². The number of aliphatic hydroxyl groups is 1. The lowest BCUT2D eigenvalue weighted by Gasteiger charge is -2.19. The van der Waals surface area contributed by atoms with Crippen LogP contribution in [0.5, 0.6) is 0 Å². The second kappa shape index (κ2) is 6.78. The van der Waals surface area contributed by atoms with Crippen molar-refractivity contribution < 1.29 is 9.90 Å². The molecule has 15 heavy (non-hydrogen) atoms. The van der Waals surface area contributed by atoms with Crippen LogP contribution < -0.4 is 0 Å². The van der Waals surface area contributed by atoms with Crippen molar-refractivity contribution in [3.05, 3.63) is 11.1 Å². The quantitative estimate of drug-likeness (QED) is 0.687. The molecule has 0 spiro atoms. The lowest BCUT2D eigenvalue weighted by Crippen LogP contribution is -2.21. The van der Waals surface area contributed by atoms with Crippen LogP contribution in [0.1, 0.15) is 53.9 Å². The fraction of sp³-hybridized carbons (Fsp3) is 0.769. The first-order valence-electron chi connectivity index (χ1n) is 5.71. The molecule has 0 saturated carbocycles. The van der Waals surface area contributed by atoms with E-state index in [-0.39, 0.29) is 11.7 Å². The minimum Gasteiger partial charge on any atom is -0.392 e. The molecule has 0 aromatic heterocycles. The number of rotatable bonds is 6. The Bertz CT molecular complexity index is 237. The van der Waals surface area contributed by atoms with Gasteiger partial charge in [-0.15, -0.1) is 0 Å². The minimum absolute atomic E-state index is 0.143. The Labute approximate surface area is 93.4 Å². The van der Waals surface area contributed by atoms with Crippen molar-refractivity contribution in [3.63, 3.8) is 0 Å². The Kier molecular flexibility index (Phi) is 6.50. The van der Waals surface area contributed by atoms with Crippen LogP contribution in [0.2, 0.25) is 0 Å². The Morgan fingerprint density at radius 2 is 1.73 bits per heavy atom. The summed E-state index contributed by atoms with van der Waals surface area (Å²) in [5.74, 6) is 0.305. The monoisotopic (exact) mass is 212 g/mol. The van der Waals surface area contributed by atoms with Gasteiger partial charge in [-0.2, -0.15) is 0 Å². The Balaban J connectivity index is 4.16. The molecule has 0 fully saturated rings. The summed E-state index contributed by atoms with van der Waals surface area (Å²) in [6, 6.07) is 0. The first-order valence-corrected chi connectivity index (χ1v) is 5.71. The van der Waals surface area contributed by atoms with Crippen molar-refractivity contribution in [2.45, 2.75) is 60.0 Å². The summed E-state index contributed by atoms with van der Waals surface area (Å²) >= 11 is 0. The highest BCUT2D eigenvalue weighted by molar-refractivity contribution is 5.78. The molecule has 88 valence electrons. The van der Waals surface area contributed by atoms with Crippen molar-refractivity contribution in [1.82, 2.24) is 0 Å². The molecule has 2 unspecified atom stereocenters. The molecule has 0 aliphatic rings. The lowest BCUT2D eigenvalue weighted by molar-refractivity contribution is -0.121. The van der Waals surface area contributed by atoms with Gasteiger partial charge in [0, 0.05) is 12.8 Å². The average molecular weight is 212 g/mol. The van der Waals surface area contributed by atoms with Crippen molar-refractivity contribution >= 4 is 5.78 Å². The van der Waals surface area contributed by atoms with Crippen LogP contribution >= 0.6 is 0 Å². The maximum atomic E-state index is 11.2. The van der Waals surface area contributed by atoms with E-state index < -0.39 is 6.10 Å². The molecular weight excluding hydrogens is 188 g/mol. The Morgan fingerprint density at radius 3 is 2.13 bits per heavy atom.